The molecule has 3 amide bonds. The molecule has 4 rings (SSSR count). The van der Waals surface area contributed by atoms with Gasteiger partial charge in [-0.25, -0.2) is 4.79 Å². The molecule has 0 radical (unpaired) electrons. The summed E-state index contributed by atoms with van der Waals surface area (Å²) >= 11 is 0. The van der Waals surface area contributed by atoms with Gasteiger partial charge in [-0.1, -0.05) is 30.7 Å². The molecule has 1 unspecified atom stereocenters. The summed E-state index contributed by atoms with van der Waals surface area (Å²) in [5, 5.41) is 6.01. The fraction of sp³-hybridized carbons (Fsp3) is 0.417. The molecule has 2 aromatic carbocycles. The summed E-state index contributed by atoms with van der Waals surface area (Å²) in [5.41, 5.74) is 2.37. The zero-order valence-electron chi connectivity index (χ0n) is 18.3. The van der Waals surface area contributed by atoms with E-state index in [9.17, 15) is 9.59 Å². The second kappa shape index (κ2) is 9.49. The summed E-state index contributed by atoms with van der Waals surface area (Å²) in [4.78, 5) is 32.4. The van der Waals surface area contributed by atoms with Crippen LogP contribution in [0.5, 0.6) is 0 Å². The van der Waals surface area contributed by atoms with Crippen LogP contribution >= 0.6 is 0 Å². The van der Waals surface area contributed by atoms with Gasteiger partial charge in [-0.2, -0.15) is 0 Å². The Hall–Kier alpha value is -2.90. The molecule has 2 aliphatic heterocycles. The predicted molar refractivity (Wildman–Crippen MR) is 124 cm³/mol. The summed E-state index contributed by atoms with van der Waals surface area (Å²) in [6, 6.07) is 14.9. The molecule has 164 valence electrons. The Morgan fingerprint density at radius 1 is 1.10 bits per heavy atom. The van der Waals surface area contributed by atoms with Gasteiger partial charge in [0.25, 0.3) is 5.91 Å². The van der Waals surface area contributed by atoms with Gasteiger partial charge in [0.15, 0.2) is 0 Å². The van der Waals surface area contributed by atoms with E-state index in [0.717, 1.165) is 19.6 Å². The molecule has 7 nitrogen and oxygen atoms in total. The topological polar surface area (TPSA) is 67.9 Å². The molecule has 0 aliphatic carbocycles. The minimum Gasteiger partial charge on any atom is -0.336 e. The molecule has 2 aliphatic rings. The number of hydrogen-bond acceptors (Lipinski definition) is 4. The van der Waals surface area contributed by atoms with Crippen LogP contribution in [0.25, 0.3) is 0 Å². The third kappa shape index (κ3) is 4.73. The Morgan fingerprint density at radius 2 is 1.84 bits per heavy atom. The average molecular weight is 422 g/mol. The van der Waals surface area contributed by atoms with Crippen LogP contribution in [0.3, 0.4) is 0 Å². The number of benzene rings is 2. The van der Waals surface area contributed by atoms with Crippen molar-refractivity contribution in [3.05, 3.63) is 54.1 Å². The largest absolute Gasteiger partial charge is 0.336 e. The Bertz CT molecular complexity index is 945. The first-order valence-electron chi connectivity index (χ1n) is 11.0. The van der Waals surface area contributed by atoms with Gasteiger partial charge in [0.05, 0.1) is 22.6 Å². The van der Waals surface area contributed by atoms with E-state index in [2.05, 4.69) is 34.5 Å². The van der Waals surface area contributed by atoms with Crippen LogP contribution in [0, 0.1) is 0 Å². The highest BCUT2D eigenvalue weighted by Gasteiger charge is 2.29. The van der Waals surface area contributed by atoms with Crippen molar-refractivity contribution in [1.29, 1.82) is 0 Å². The predicted octanol–water partition coefficient (Wildman–Crippen LogP) is 3.52. The summed E-state index contributed by atoms with van der Waals surface area (Å²) in [6.45, 7) is 3.49. The number of carbonyl (C=O) groups is 2. The van der Waals surface area contributed by atoms with Crippen molar-refractivity contribution in [3.8, 4) is 0 Å². The van der Waals surface area contributed by atoms with Crippen molar-refractivity contribution in [3.63, 3.8) is 0 Å². The molecule has 0 spiro atoms. The standard InChI is InChI=1S/C24H31N5O2/c1-27(2)17-18-9-7-8-15-28(18)16-14-25-24(31)29-21-12-5-3-10-19(21)23(30)26-20-11-4-6-13-22(20)29/h3-6,10-13,18H,7-9,14-17H2,1-2H3,(H,25,31)(H,26,30). The van der Waals surface area contributed by atoms with E-state index in [1.54, 1.807) is 11.0 Å². The van der Waals surface area contributed by atoms with Gasteiger partial charge >= 0.3 is 6.03 Å². The van der Waals surface area contributed by atoms with Crippen LogP contribution in [-0.4, -0.2) is 68.1 Å². The highest BCUT2D eigenvalue weighted by atomic mass is 16.2. The van der Waals surface area contributed by atoms with Crippen molar-refractivity contribution in [2.75, 3.05) is 50.5 Å². The number of likely N-dealkylation sites (N-methyl/N-ethyl adjacent to an activating group) is 1. The Balaban J connectivity index is 1.50. The van der Waals surface area contributed by atoms with E-state index >= 15 is 0 Å². The fourth-order valence-electron chi connectivity index (χ4n) is 4.54. The summed E-state index contributed by atoms with van der Waals surface area (Å²) in [5.74, 6) is -0.210. The lowest BCUT2D eigenvalue weighted by Crippen LogP contribution is -2.49. The number of nitrogens with one attached hydrogen (secondary N) is 2. The molecule has 31 heavy (non-hydrogen) atoms. The van der Waals surface area contributed by atoms with Crippen LogP contribution in [0.15, 0.2) is 48.5 Å². The first-order valence-corrected chi connectivity index (χ1v) is 11.0. The molecular formula is C24H31N5O2. The maximum Gasteiger partial charge on any atom is 0.326 e. The summed E-state index contributed by atoms with van der Waals surface area (Å²) in [6.07, 6.45) is 3.68. The van der Waals surface area contributed by atoms with E-state index in [1.165, 1.54) is 19.3 Å². The molecule has 7 heteroatoms. The van der Waals surface area contributed by atoms with Crippen LogP contribution in [0.1, 0.15) is 29.6 Å². The number of fused-ring (bicyclic) bond motifs is 2. The van der Waals surface area contributed by atoms with Crippen molar-refractivity contribution < 1.29 is 9.59 Å². The molecule has 0 aromatic heterocycles. The van der Waals surface area contributed by atoms with Gasteiger partial charge in [0.2, 0.25) is 0 Å². The van der Waals surface area contributed by atoms with E-state index in [1.807, 2.05) is 42.5 Å². The molecule has 0 saturated carbocycles. The third-order valence-corrected chi connectivity index (χ3v) is 5.99. The Kier molecular flexibility index (Phi) is 6.53. The number of nitrogens with zero attached hydrogens (tertiary/aromatic N) is 3. The smallest absolute Gasteiger partial charge is 0.326 e. The molecule has 1 fully saturated rings. The Morgan fingerprint density at radius 3 is 2.65 bits per heavy atom. The van der Waals surface area contributed by atoms with Crippen LogP contribution < -0.4 is 15.5 Å². The number of hydrogen-bond donors (Lipinski definition) is 2. The van der Waals surface area contributed by atoms with Gasteiger partial charge in [0.1, 0.15) is 0 Å². The number of anilines is 3. The molecule has 2 heterocycles. The second-order valence-corrected chi connectivity index (χ2v) is 8.50. The van der Waals surface area contributed by atoms with Gasteiger partial charge in [-0.15, -0.1) is 0 Å². The molecule has 0 bridgehead atoms. The van der Waals surface area contributed by atoms with Crippen molar-refractivity contribution in [2.24, 2.45) is 0 Å². The number of piperidine rings is 1. The number of para-hydroxylation sites is 3. The number of urea groups is 1. The summed E-state index contributed by atoms with van der Waals surface area (Å²) < 4.78 is 0. The zero-order valence-corrected chi connectivity index (χ0v) is 18.3. The maximum absolute atomic E-state index is 13.3. The molecule has 2 aromatic rings. The lowest BCUT2D eigenvalue weighted by Gasteiger charge is -2.37. The van der Waals surface area contributed by atoms with E-state index in [4.69, 9.17) is 0 Å². The lowest BCUT2D eigenvalue weighted by atomic mass is 10.0. The number of amides is 3. The summed E-state index contributed by atoms with van der Waals surface area (Å²) in [7, 11) is 4.22. The SMILES string of the molecule is CN(C)CC1CCCCN1CCNC(=O)N1c2ccccc2NC(=O)c2ccccc21. The number of likely N-dealkylation sites (tertiary alicyclic amines) is 1. The van der Waals surface area contributed by atoms with Gasteiger partial charge in [-0.3, -0.25) is 14.6 Å². The van der Waals surface area contributed by atoms with E-state index in [0.29, 0.717) is 35.2 Å². The van der Waals surface area contributed by atoms with Crippen molar-refractivity contribution >= 4 is 29.0 Å². The second-order valence-electron chi connectivity index (χ2n) is 8.50. The third-order valence-electron chi connectivity index (χ3n) is 5.99. The van der Waals surface area contributed by atoms with E-state index < -0.39 is 0 Å². The maximum atomic E-state index is 13.3. The highest BCUT2D eigenvalue weighted by Crippen LogP contribution is 2.37. The monoisotopic (exact) mass is 421 g/mol. The zero-order chi connectivity index (χ0) is 21.8. The quantitative estimate of drug-likeness (QED) is 0.775. The lowest BCUT2D eigenvalue weighted by molar-refractivity contribution is 0.102. The Labute approximate surface area is 184 Å². The molecule has 1 atom stereocenters. The van der Waals surface area contributed by atoms with Crippen LogP contribution in [0.4, 0.5) is 21.9 Å². The number of rotatable bonds is 5. The van der Waals surface area contributed by atoms with Crippen molar-refractivity contribution in [1.82, 2.24) is 15.1 Å². The first-order chi connectivity index (χ1) is 15.0. The van der Waals surface area contributed by atoms with E-state index in [-0.39, 0.29) is 11.9 Å². The highest BCUT2D eigenvalue weighted by molar-refractivity contribution is 6.17. The molecule has 2 N–H and O–H groups in total. The number of carbonyl (C=O) groups excluding carboxylic acids is 2. The molecular weight excluding hydrogens is 390 g/mol. The van der Waals surface area contributed by atoms with Crippen LogP contribution in [0.2, 0.25) is 0 Å². The normalized spacial score (nSPS) is 18.7. The fourth-order valence-corrected chi connectivity index (χ4v) is 4.54. The van der Waals surface area contributed by atoms with Crippen LogP contribution in [-0.2, 0) is 0 Å². The average Bonchev–Trinajstić information content (AvgIpc) is 2.88. The minimum absolute atomic E-state index is 0.210. The van der Waals surface area contributed by atoms with Gasteiger partial charge in [-0.05, 0) is 57.7 Å². The minimum atomic E-state index is -0.224. The van der Waals surface area contributed by atoms with Gasteiger partial charge in [0, 0.05) is 25.7 Å². The van der Waals surface area contributed by atoms with Crippen molar-refractivity contribution in [2.45, 2.75) is 25.3 Å². The van der Waals surface area contributed by atoms with Gasteiger partial charge < -0.3 is 15.5 Å². The first kappa shape index (κ1) is 21.3. The molecule has 1 saturated heterocycles.